The predicted molar refractivity (Wildman–Crippen MR) is 86.4 cm³/mol. The SMILES string of the molecule is Cc1ccc(Oc2ccc(NC(=O)CCCl)cc2)cc1C. The second-order valence-electron chi connectivity index (χ2n) is 4.86. The Hall–Kier alpha value is -2.00. The molecule has 2 aromatic rings. The molecule has 0 unspecified atom stereocenters. The van der Waals surface area contributed by atoms with Crippen LogP contribution < -0.4 is 10.1 Å². The topological polar surface area (TPSA) is 38.3 Å². The maximum Gasteiger partial charge on any atom is 0.225 e. The van der Waals surface area contributed by atoms with Crippen molar-refractivity contribution in [3.63, 3.8) is 0 Å². The summed E-state index contributed by atoms with van der Waals surface area (Å²) < 4.78 is 5.79. The molecule has 4 heteroatoms. The van der Waals surface area contributed by atoms with E-state index in [1.807, 2.05) is 42.5 Å². The van der Waals surface area contributed by atoms with Crippen LogP contribution in [0.1, 0.15) is 17.5 Å². The van der Waals surface area contributed by atoms with E-state index in [0.29, 0.717) is 12.3 Å². The van der Waals surface area contributed by atoms with Crippen LogP contribution in [0.4, 0.5) is 5.69 Å². The lowest BCUT2D eigenvalue weighted by molar-refractivity contribution is -0.115. The van der Waals surface area contributed by atoms with E-state index in [1.165, 1.54) is 11.1 Å². The highest BCUT2D eigenvalue weighted by molar-refractivity contribution is 6.19. The molecule has 0 aliphatic carbocycles. The minimum Gasteiger partial charge on any atom is -0.457 e. The minimum atomic E-state index is -0.0900. The number of rotatable bonds is 5. The quantitative estimate of drug-likeness (QED) is 0.816. The van der Waals surface area contributed by atoms with Gasteiger partial charge >= 0.3 is 0 Å². The monoisotopic (exact) mass is 303 g/mol. The van der Waals surface area contributed by atoms with Crippen molar-refractivity contribution in [2.45, 2.75) is 20.3 Å². The third-order valence-corrected chi connectivity index (χ3v) is 3.36. The van der Waals surface area contributed by atoms with Crippen LogP contribution in [0.15, 0.2) is 42.5 Å². The van der Waals surface area contributed by atoms with Gasteiger partial charge in [0.25, 0.3) is 0 Å². The number of anilines is 1. The molecule has 1 N–H and O–H groups in total. The third kappa shape index (κ3) is 4.50. The zero-order chi connectivity index (χ0) is 15.2. The summed E-state index contributed by atoms with van der Waals surface area (Å²) >= 11 is 5.52. The predicted octanol–water partition coefficient (Wildman–Crippen LogP) is 4.66. The van der Waals surface area contributed by atoms with E-state index in [2.05, 4.69) is 19.2 Å². The lowest BCUT2D eigenvalue weighted by atomic mass is 10.1. The summed E-state index contributed by atoms with van der Waals surface area (Å²) in [5.74, 6) is 1.76. The molecule has 0 heterocycles. The van der Waals surface area contributed by atoms with Gasteiger partial charge in [-0.05, 0) is 61.4 Å². The highest BCUT2D eigenvalue weighted by Crippen LogP contribution is 2.24. The van der Waals surface area contributed by atoms with E-state index < -0.39 is 0 Å². The van der Waals surface area contributed by atoms with Crippen LogP contribution in [0, 0.1) is 13.8 Å². The van der Waals surface area contributed by atoms with E-state index in [1.54, 1.807) is 0 Å². The number of hydrogen-bond donors (Lipinski definition) is 1. The van der Waals surface area contributed by atoms with Gasteiger partial charge in [0.1, 0.15) is 11.5 Å². The van der Waals surface area contributed by atoms with Crippen molar-refractivity contribution >= 4 is 23.2 Å². The largest absolute Gasteiger partial charge is 0.457 e. The molecule has 0 saturated carbocycles. The van der Waals surface area contributed by atoms with Gasteiger partial charge in [-0.1, -0.05) is 6.07 Å². The number of benzene rings is 2. The molecule has 0 aromatic heterocycles. The number of hydrogen-bond acceptors (Lipinski definition) is 2. The van der Waals surface area contributed by atoms with E-state index >= 15 is 0 Å². The van der Waals surface area contributed by atoms with Crippen LogP contribution >= 0.6 is 11.6 Å². The molecule has 0 radical (unpaired) electrons. The normalized spacial score (nSPS) is 10.2. The minimum absolute atomic E-state index is 0.0900. The summed E-state index contributed by atoms with van der Waals surface area (Å²) in [6, 6.07) is 13.2. The van der Waals surface area contributed by atoms with Gasteiger partial charge in [-0.15, -0.1) is 11.6 Å². The number of alkyl halides is 1. The van der Waals surface area contributed by atoms with Gasteiger partial charge in [0, 0.05) is 18.0 Å². The van der Waals surface area contributed by atoms with Crippen molar-refractivity contribution in [3.8, 4) is 11.5 Å². The van der Waals surface area contributed by atoms with Crippen molar-refractivity contribution < 1.29 is 9.53 Å². The average molecular weight is 304 g/mol. The summed E-state index contributed by atoms with van der Waals surface area (Å²) in [4.78, 5) is 11.4. The molecule has 0 fully saturated rings. The fourth-order valence-corrected chi connectivity index (χ4v) is 2.00. The van der Waals surface area contributed by atoms with Crippen LogP contribution in [0.3, 0.4) is 0 Å². The molecular formula is C17H18ClNO2. The van der Waals surface area contributed by atoms with Gasteiger partial charge in [0.2, 0.25) is 5.91 Å². The number of nitrogens with one attached hydrogen (secondary N) is 1. The van der Waals surface area contributed by atoms with Crippen LogP contribution in [-0.2, 0) is 4.79 Å². The van der Waals surface area contributed by atoms with Crippen molar-refractivity contribution in [1.29, 1.82) is 0 Å². The van der Waals surface area contributed by atoms with E-state index in [-0.39, 0.29) is 5.91 Å². The molecule has 0 aliphatic heterocycles. The number of ether oxygens (including phenoxy) is 1. The van der Waals surface area contributed by atoms with Gasteiger partial charge in [-0.3, -0.25) is 4.79 Å². The Morgan fingerprint density at radius 1 is 1.05 bits per heavy atom. The number of aryl methyl sites for hydroxylation is 2. The Balaban J connectivity index is 2.01. The first-order valence-corrected chi connectivity index (χ1v) is 7.33. The number of carbonyl (C=O) groups is 1. The van der Waals surface area contributed by atoms with Crippen molar-refractivity contribution in [2.24, 2.45) is 0 Å². The summed E-state index contributed by atoms with van der Waals surface area (Å²) in [7, 11) is 0. The molecule has 0 saturated heterocycles. The highest BCUT2D eigenvalue weighted by Gasteiger charge is 2.03. The summed E-state index contributed by atoms with van der Waals surface area (Å²) in [6.45, 7) is 4.12. The first-order chi connectivity index (χ1) is 10.1. The lowest BCUT2D eigenvalue weighted by Crippen LogP contribution is -2.11. The number of halogens is 1. The molecular weight excluding hydrogens is 286 g/mol. The second kappa shape index (κ2) is 7.14. The maximum atomic E-state index is 11.4. The molecule has 3 nitrogen and oxygen atoms in total. The number of amides is 1. The molecule has 0 atom stereocenters. The van der Waals surface area contributed by atoms with Gasteiger partial charge in [0.05, 0.1) is 0 Å². The Bertz CT molecular complexity index is 623. The Labute approximate surface area is 129 Å². The van der Waals surface area contributed by atoms with Crippen molar-refractivity contribution in [3.05, 3.63) is 53.6 Å². The average Bonchev–Trinajstić information content (AvgIpc) is 2.45. The van der Waals surface area contributed by atoms with E-state index in [9.17, 15) is 4.79 Å². The molecule has 0 bridgehead atoms. The third-order valence-electron chi connectivity index (χ3n) is 3.17. The van der Waals surface area contributed by atoms with E-state index in [4.69, 9.17) is 16.3 Å². The molecule has 2 aromatic carbocycles. The van der Waals surface area contributed by atoms with Crippen LogP contribution in [0.5, 0.6) is 11.5 Å². The summed E-state index contributed by atoms with van der Waals surface area (Å²) in [5, 5.41) is 2.77. The Kier molecular flexibility index (Phi) is 5.23. The van der Waals surface area contributed by atoms with Crippen molar-refractivity contribution in [2.75, 3.05) is 11.2 Å². The zero-order valence-corrected chi connectivity index (χ0v) is 12.9. The first kappa shape index (κ1) is 15.4. The maximum absolute atomic E-state index is 11.4. The summed E-state index contributed by atoms with van der Waals surface area (Å²) in [6.07, 6.45) is 0.308. The Morgan fingerprint density at radius 3 is 2.33 bits per heavy atom. The standard InChI is InChI=1S/C17H18ClNO2/c1-12-3-6-16(11-13(12)2)21-15-7-4-14(5-8-15)19-17(20)9-10-18/h3-8,11H,9-10H2,1-2H3,(H,19,20). The highest BCUT2D eigenvalue weighted by atomic mass is 35.5. The Morgan fingerprint density at radius 2 is 1.71 bits per heavy atom. The molecule has 0 aliphatic rings. The zero-order valence-electron chi connectivity index (χ0n) is 12.2. The van der Waals surface area contributed by atoms with Gasteiger partial charge in [-0.25, -0.2) is 0 Å². The fraction of sp³-hybridized carbons (Fsp3) is 0.235. The molecule has 0 spiro atoms. The van der Waals surface area contributed by atoms with Crippen molar-refractivity contribution in [1.82, 2.24) is 0 Å². The van der Waals surface area contributed by atoms with Crippen LogP contribution in [0.2, 0.25) is 0 Å². The van der Waals surface area contributed by atoms with Gasteiger partial charge in [0.15, 0.2) is 0 Å². The second-order valence-corrected chi connectivity index (χ2v) is 5.24. The fourth-order valence-electron chi connectivity index (χ4n) is 1.83. The molecule has 110 valence electrons. The molecule has 2 rings (SSSR count). The van der Waals surface area contributed by atoms with Gasteiger partial charge in [-0.2, -0.15) is 0 Å². The number of carbonyl (C=O) groups excluding carboxylic acids is 1. The first-order valence-electron chi connectivity index (χ1n) is 6.79. The van der Waals surface area contributed by atoms with Gasteiger partial charge < -0.3 is 10.1 Å². The molecule has 21 heavy (non-hydrogen) atoms. The lowest BCUT2D eigenvalue weighted by Gasteiger charge is -2.09. The summed E-state index contributed by atoms with van der Waals surface area (Å²) in [5.41, 5.74) is 3.16. The van der Waals surface area contributed by atoms with Crippen LogP contribution in [0.25, 0.3) is 0 Å². The molecule has 1 amide bonds. The van der Waals surface area contributed by atoms with Crippen LogP contribution in [-0.4, -0.2) is 11.8 Å². The van der Waals surface area contributed by atoms with E-state index in [0.717, 1.165) is 17.2 Å². The smallest absolute Gasteiger partial charge is 0.225 e.